The third-order valence-electron chi connectivity index (χ3n) is 2.49. The zero-order valence-electron chi connectivity index (χ0n) is 10.3. The average Bonchev–Trinajstić information content (AvgIpc) is 2.87. The molecule has 0 aliphatic heterocycles. The van der Waals surface area contributed by atoms with Gasteiger partial charge in [-0.3, -0.25) is 14.4 Å². The lowest BCUT2D eigenvalue weighted by Crippen LogP contribution is -2.25. The largest absolute Gasteiger partial charge is 0.294 e. The van der Waals surface area contributed by atoms with Crippen molar-refractivity contribution in [3.05, 3.63) is 38.8 Å². The Morgan fingerprint density at radius 1 is 1.61 bits per heavy atom. The molecule has 0 aliphatic rings. The average molecular weight is 328 g/mol. The fourth-order valence-electron chi connectivity index (χ4n) is 1.73. The number of likely N-dealkylation sites (N-methyl/N-ethyl adjacent to an activating group) is 1. The number of nitrogens with zero attached hydrogens (tertiary/aromatic N) is 3. The van der Waals surface area contributed by atoms with Crippen LogP contribution in [0.5, 0.6) is 0 Å². The summed E-state index contributed by atoms with van der Waals surface area (Å²) in [6.07, 6.45) is 3.78. The van der Waals surface area contributed by atoms with E-state index in [0.29, 0.717) is 6.54 Å². The quantitative estimate of drug-likeness (QED) is 0.792. The molecule has 0 unspecified atom stereocenters. The Labute approximate surface area is 118 Å². The summed E-state index contributed by atoms with van der Waals surface area (Å²) >= 11 is 4.86. The van der Waals surface area contributed by atoms with Gasteiger partial charge in [0.2, 0.25) is 0 Å². The van der Waals surface area contributed by atoms with Gasteiger partial charge in [0.25, 0.3) is 0 Å². The van der Waals surface area contributed by atoms with Gasteiger partial charge in [-0.25, -0.2) is 0 Å². The molecule has 0 aliphatic carbocycles. The van der Waals surface area contributed by atoms with Gasteiger partial charge in [-0.05, 0) is 34.4 Å². The molecule has 6 heteroatoms. The van der Waals surface area contributed by atoms with Crippen LogP contribution in [0.4, 0.5) is 0 Å². The van der Waals surface area contributed by atoms with Crippen molar-refractivity contribution in [2.75, 3.05) is 13.6 Å². The summed E-state index contributed by atoms with van der Waals surface area (Å²) in [5.41, 5.74) is 1.11. The van der Waals surface area contributed by atoms with Gasteiger partial charge in [0.1, 0.15) is 0 Å². The van der Waals surface area contributed by atoms with Crippen LogP contribution in [-0.2, 0) is 13.6 Å². The van der Waals surface area contributed by atoms with Crippen LogP contribution in [0, 0.1) is 0 Å². The van der Waals surface area contributed by atoms with Crippen molar-refractivity contribution in [3.63, 3.8) is 0 Å². The Hall–Kier alpha value is -0.980. The Kier molecular flexibility index (Phi) is 4.31. The van der Waals surface area contributed by atoms with Crippen molar-refractivity contribution in [1.29, 1.82) is 0 Å². The molecule has 96 valence electrons. The van der Waals surface area contributed by atoms with Crippen molar-refractivity contribution < 1.29 is 4.79 Å². The van der Waals surface area contributed by atoms with Gasteiger partial charge in [-0.1, -0.05) is 0 Å². The van der Waals surface area contributed by atoms with Crippen molar-refractivity contribution in [1.82, 2.24) is 14.7 Å². The number of thiophene rings is 1. The van der Waals surface area contributed by atoms with E-state index in [9.17, 15) is 4.79 Å². The Bertz CT molecular complexity index is 549. The van der Waals surface area contributed by atoms with E-state index in [4.69, 9.17) is 0 Å². The first kappa shape index (κ1) is 13.5. The molecule has 0 N–H and O–H groups in total. The first-order chi connectivity index (χ1) is 8.56. The molecule has 4 nitrogen and oxygen atoms in total. The summed E-state index contributed by atoms with van der Waals surface area (Å²) in [5.74, 6) is 0.142. The van der Waals surface area contributed by atoms with Crippen LogP contribution >= 0.6 is 27.3 Å². The third kappa shape index (κ3) is 3.28. The lowest BCUT2D eigenvalue weighted by atomic mass is 10.3. The zero-order valence-corrected chi connectivity index (χ0v) is 12.7. The van der Waals surface area contributed by atoms with E-state index in [-0.39, 0.29) is 5.78 Å². The third-order valence-corrected chi connectivity index (χ3v) is 4.37. The summed E-state index contributed by atoms with van der Waals surface area (Å²) in [6.45, 7) is 1.14. The van der Waals surface area contributed by atoms with E-state index in [2.05, 4.69) is 21.0 Å². The molecule has 0 amide bonds. The number of hydrogen-bond donors (Lipinski definition) is 0. The van der Waals surface area contributed by atoms with Gasteiger partial charge in [0, 0.05) is 29.8 Å². The van der Waals surface area contributed by atoms with Gasteiger partial charge >= 0.3 is 0 Å². The first-order valence-electron chi connectivity index (χ1n) is 5.48. The molecule has 0 bridgehead atoms. The number of ketones is 1. The highest BCUT2D eigenvalue weighted by Gasteiger charge is 2.14. The molecule has 2 aromatic heterocycles. The minimum absolute atomic E-state index is 0.142. The second kappa shape index (κ2) is 5.77. The van der Waals surface area contributed by atoms with Crippen LogP contribution in [0.2, 0.25) is 0 Å². The zero-order chi connectivity index (χ0) is 13.1. The predicted molar refractivity (Wildman–Crippen MR) is 75.9 cm³/mol. The molecule has 0 saturated heterocycles. The Morgan fingerprint density at radius 2 is 2.39 bits per heavy atom. The summed E-state index contributed by atoms with van der Waals surface area (Å²) < 4.78 is 2.65. The molecule has 0 saturated carbocycles. The van der Waals surface area contributed by atoms with Crippen molar-refractivity contribution in [3.8, 4) is 0 Å². The van der Waals surface area contributed by atoms with Crippen LogP contribution in [0.3, 0.4) is 0 Å². The maximum absolute atomic E-state index is 12.1. The molecule has 0 atom stereocenters. The molecular weight excluding hydrogens is 314 g/mol. The maximum atomic E-state index is 12.1. The van der Waals surface area contributed by atoms with Crippen LogP contribution in [-0.4, -0.2) is 34.1 Å². The molecule has 2 heterocycles. The van der Waals surface area contributed by atoms with Gasteiger partial charge < -0.3 is 0 Å². The summed E-state index contributed by atoms with van der Waals surface area (Å²) in [5, 5.41) is 6.03. The first-order valence-corrected chi connectivity index (χ1v) is 7.16. The highest BCUT2D eigenvalue weighted by Crippen LogP contribution is 2.23. The second-order valence-corrected chi connectivity index (χ2v) is 5.99. The molecule has 0 spiro atoms. The number of aryl methyl sites for hydroxylation is 1. The van der Waals surface area contributed by atoms with E-state index in [1.54, 1.807) is 4.68 Å². The highest BCUT2D eigenvalue weighted by atomic mass is 79.9. The van der Waals surface area contributed by atoms with Crippen molar-refractivity contribution >= 4 is 33.0 Å². The fraction of sp³-hybridized carbons (Fsp3) is 0.333. The van der Waals surface area contributed by atoms with Gasteiger partial charge in [-0.2, -0.15) is 5.10 Å². The van der Waals surface area contributed by atoms with Crippen molar-refractivity contribution in [2.45, 2.75) is 6.54 Å². The molecule has 0 fully saturated rings. The van der Waals surface area contributed by atoms with E-state index in [0.717, 1.165) is 21.5 Å². The van der Waals surface area contributed by atoms with Gasteiger partial charge in [0.05, 0.1) is 17.6 Å². The smallest absolute Gasteiger partial charge is 0.187 e. The number of Topliss-reactive ketones (excluding diaryl/α,β-unsaturated/α-hetero) is 1. The molecular formula is C12H14BrN3OS. The van der Waals surface area contributed by atoms with Crippen LogP contribution in [0.25, 0.3) is 0 Å². The lowest BCUT2D eigenvalue weighted by molar-refractivity contribution is 0.0946. The lowest BCUT2D eigenvalue weighted by Gasteiger charge is -2.14. The Morgan fingerprint density at radius 3 is 2.94 bits per heavy atom. The van der Waals surface area contributed by atoms with Crippen LogP contribution in [0.1, 0.15) is 15.2 Å². The van der Waals surface area contributed by atoms with E-state index in [1.165, 1.54) is 11.3 Å². The van der Waals surface area contributed by atoms with E-state index < -0.39 is 0 Å². The van der Waals surface area contributed by atoms with E-state index in [1.807, 2.05) is 42.8 Å². The second-order valence-electron chi connectivity index (χ2n) is 4.22. The van der Waals surface area contributed by atoms with Crippen LogP contribution in [0.15, 0.2) is 28.3 Å². The van der Waals surface area contributed by atoms with E-state index >= 15 is 0 Å². The van der Waals surface area contributed by atoms with Gasteiger partial charge in [0.15, 0.2) is 5.78 Å². The Balaban J connectivity index is 1.93. The minimum atomic E-state index is 0.142. The molecule has 2 aromatic rings. The number of carbonyl (C=O) groups is 1. The summed E-state index contributed by atoms with van der Waals surface area (Å²) in [7, 11) is 3.82. The number of carbonyl (C=O) groups excluding carboxylic acids is 1. The maximum Gasteiger partial charge on any atom is 0.187 e. The fourth-order valence-corrected chi connectivity index (χ4v) is 3.26. The topological polar surface area (TPSA) is 38.1 Å². The number of hydrogen-bond acceptors (Lipinski definition) is 4. The molecule has 18 heavy (non-hydrogen) atoms. The number of rotatable bonds is 5. The molecule has 0 radical (unpaired) electrons. The molecule has 0 aromatic carbocycles. The predicted octanol–water partition coefficient (Wildman–Crippen LogP) is 2.56. The highest BCUT2D eigenvalue weighted by molar-refractivity contribution is 9.10. The number of halogens is 1. The number of aromatic nitrogens is 2. The SMILES string of the molecule is CN(CC(=O)c1sccc1Br)Cc1cnn(C)c1. The summed E-state index contributed by atoms with van der Waals surface area (Å²) in [4.78, 5) is 14.8. The van der Waals surface area contributed by atoms with Crippen molar-refractivity contribution in [2.24, 2.45) is 7.05 Å². The molecule has 2 rings (SSSR count). The monoisotopic (exact) mass is 327 g/mol. The standard InChI is InChI=1S/C12H14BrN3OS/c1-15(6-9-5-14-16(2)7-9)8-11(17)12-10(13)3-4-18-12/h3-5,7H,6,8H2,1-2H3. The summed E-state index contributed by atoms with van der Waals surface area (Å²) in [6, 6.07) is 1.90. The van der Waals surface area contributed by atoms with Crippen LogP contribution < -0.4 is 0 Å². The normalized spacial score (nSPS) is 11.1. The minimum Gasteiger partial charge on any atom is -0.294 e. The van der Waals surface area contributed by atoms with Gasteiger partial charge in [-0.15, -0.1) is 11.3 Å².